The van der Waals surface area contributed by atoms with Gasteiger partial charge in [0.05, 0.1) is 20.3 Å². The van der Waals surface area contributed by atoms with E-state index >= 15 is 0 Å². The van der Waals surface area contributed by atoms with Gasteiger partial charge in [0.1, 0.15) is 0 Å². The molecule has 104 valence electrons. The summed E-state index contributed by atoms with van der Waals surface area (Å²) in [7, 11) is 1.43. The van der Waals surface area contributed by atoms with Gasteiger partial charge in [0.15, 0.2) is 0 Å². The molecule has 6 nitrogen and oxygen atoms in total. The van der Waals surface area contributed by atoms with E-state index in [0.29, 0.717) is 12.1 Å². The second-order valence-electron chi connectivity index (χ2n) is 4.99. The molecule has 1 unspecified atom stereocenters. The van der Waals surface area contributed by atoms with E-state index in [1.165, 1.54) is 7.11 Å². The van der Waals surface area contributed by atoms with E-state index in [0.717, 1.165) is 45.9 Å². The van der Waals surface area contributed by atoms with Gasteiger partial charge < -0.3 is 19.7 Å². The van der Waals surface area contributed by atoms with E-state index < -0.39 is 0 Å². The monoisotopic (exact) mass is 257 g/mol. The zero-order valence-corrected chi connectivity index (χ0v) is 11.2. The smallest absolute Gasteiger partial charge is 0.409 e. The van der Waals surface area contributed by atoms with Crippen molar-refractivity contribution in [2.45, 2.75) is 19.0 Å². The lowest BCUT2D eigenvalue weighted by atomic mass is 10.1. The van der Waals surface area contributed by atoms with Crippen LogP contribution in [0.1, 0.15) is 6.92 Å². The van der Waals surface area contributed by atoms with Gasteiger partial charge in [-0.1, -0.05) is 0 Å². The highest BCUT2D eigenvalue weighted by atomic mass is 16.5. The minimum absolute atomic E-state index is 0.225. The standard InChI is InChI=1S/C12H23N3O3/c1-10-9-18-6-5-14(10)7-11-8-15(4-3-13-11)12(16)17-2/h10-11,13H,3-9H2,1-2H3/t10-,11?/m1/s1. The van der Waals surface area contributed by atoms with Gasteiger partial charge in [-0.3, -0.25) is 4.90 Å². The van der Waals surface area contributed by atoms with Crippen LogP contribution in [0.25, 0.3) is 0 Å². The zero-order chi connectivity index (χ0) is 13.0. The molecule has 0 spiro atoms. The van der Waals surface area contributed by atoms with Crippen molar-refractivity contribution in [3.8, 4) is 0 Å². The fraction of sp³-hybridized carbons (Fsp3) is 0.917. The molecule has 0 aromatic rings. The Morgan fingerprint density at radius 1 is 1.50 bits per heavy atom. The average molecular weight is 257 g/mol. The summed E-state index contributed by atoms with van der Waals surface area (Å²) in [5, 5.41) is 3.46. The van der Waals surface area contributed by atoms with Crippen molar-refractivity contribution >= 4 is 6.09 Å². The molecule has 0 radical (unpaired) electrons. The lowest BCUT2D eigenvalue weighted by Crippen LogP contribution is -2.58. The van der Waals surface area contributed by atoms with Gasteiger partial charge in [-0.25, -0.2) is 4.79 Å². The van der Waals surface area contributed by atoms with Crippen LogP contribution in [-0.2, 0) is 9.47 Å². The first-order valence-electron chi connectivity index (χ1n) is 6.58. The molecule has 2 saturated heterocycles. The Morgan fingerprint density at radius 3 is 3.06 bits per heavy atom. The summed E-state index contributed by atoms with van der Waals surface area (Å²) in [6, 6.07) is 0.771. The number of hydrogen-bond donors (Lipinski definition) is 1. The SMILES string of the molecule is COC(=O)N1CCNC(CN2CCOC[C@H]2C)C1. The van der Waals surface area contributed by atoms with Gasteiger partial charge in [-0.05, 0) is 6.92 Å². The molecule has 1 amide bonds. The number of nitrogens with one attached hydrogen (secondary N) is 1. The van der Waals surface area contributed by atoms with Gasteiger partial charge in [0.2, 0.25) is 0 Å². The highest BCUT2D eigenvalue weighted by molar-refractivity contribution is 5.67. The van der Waals surface area contributed by atoms with Crippen LogP contribution in [0.5, 0.6) is 0 Å². The van der Waals surface area contributed by atoms with Crippen molar-refractivity contribution in [3.05, 3.63) is 0 Å². The molecule has 2 atom stereocenters. The van der Waals surface area contributed by atoms with E-state index in [1.807, 2.05) is 0 Å². The molecule has 1 N–H and O–H groups in total. The summed E-state index contributed by atoms with van der Waals surface area (Å²) in [5.41, 5.74) is 0. The Morgan fingerprint density at radius 2 is 2.33 bits per heavy atom. The van der Waals surface area contributed by atoms with Crippen LogP contribution in [0.4, 0.5) is 4.79 Å². The van der Waals surface area contributed by atoms with E-state index in [-0.39, 0.29) is 6.09 Å². The number of morpholine rings is 1. The molecule has 2 rings (SSSR count). The van der Waals surface area contributed by atoms with Crippen LogP contribution in [-0.4, -0.2) is 81.0 Å². The molecule has 0 aliphatic carbocycles. The molecule has 0 aromatic heterocycles. The lowest BCUT2D eigenvalue weighted by Gasteiger charge is -2.39. The zero-order valence-electron chi connectivity index (χ0n) is 11.2. The van der Waals surface area contributed by atoms with Crippen molar-refractivity contribution in [3.63, 3.8) is 0 Å². The van der Waals surface area contributed by atoms with Gasteiger partial charge in [-0.15, -0.1) is 0 Å². The molecule has 2 aliphatic rings. The van der Waals surface area contributed by atoms with Crippen LogP contribution in [0.2, 0.25) is 0 Å². The van der Waals surface area contributed by atoms with Crippen molar-refractivity contribution in [2.75, 3.05) is 53.0 Å². The molecule has 2 fully saturated rings. The van der Waals surface area contributed by atoms with Crippen molar-refractivity contribution in [1.29, 1.82) is 0 Å². The van der Waals surface area contributed by atoms with Crippen LogP contribution >= 0.6 is 0 Å². The molecule has 6 heteroatoms. The van der Waals surface area contributed by atoms with Crippen molar-refractivity contribution < 1.29 is 14.3 Å². The first-order chi connectivity index (χ1) is 8.70. The van der Waals surface area contributed by atoms with E-state index in [9.17, 15) is 4.79 Å². The number of hydrogen-bond acceptors (Lipinski definition) is 5. The molecule has 0 bridgehead atoms. The molecule has 2 heterocycles. The number of methoxy groups -OCH3 is 1. The maximum atomic E-state index is 11.5. The third kappa shape index (κ3) is 3.34. The van der Waals surface area contributed by atoms with Crippen molar-refractivity contribution in [2.24, 2.45) is 0 Å². The first kappa shape index (κ1) is 13.6. The number of carbonyl (C=O) groups is 1. The Labute approximate surface area is 108 Å². The number of amides is 1. The summed E-state index contributed by atoms with van der Waals surface area (Å²) in [6.45, 7) is 7.98. The molecular weight excluding hydrogens is 234 g/mol. The maximum Gasteiger partial charge on any atom is 0.409 e. The predicted octanol–water partition coefficient (Wildman–Crippen LogP) is -0.253. The molecule has 2 aliphatic heterocycles. The Bertz CT molecular complexity index is 288. The Kier molecular flexibility index (Phi) is 4.79. The third-order valence-corrected chi connectivity index (χ3v) is 3.65. The number of rotatable bonds is 2. The summed E-state index contributed by atoms with van der Waals surface area (Å²) < 4.78 is 10.2. The van der Waals surface area contributed by atoms with E-state index in [2.05, 4.69) is 17.1 Å². The number of ether oxygens (including phenoxy) is 2. The summed E-state index contributed by atoms with van der Waals surface area (Å²) in [4.78, 5) is 15.7. The highest BCUT2D eigenvalue weighted by Gasteiger charge is 2.27. The van der Waals surface area contributed by atoms with Crippen molar-refractivity contribution in [1.82, 2.24) is 15.1 Å². The quantitative estimate of drug-likeness (QED) is 0.739. The molecule has 18 heavy (non-hydrogen) atoms. The van der Waals surface area contributed by atoms with Gasteiger partial charge >= 0.3 is 6.09 Å². The van der Waals surface area contributed by atoms with Crippen LogP contribution < -0.4 is 5.32 Å². The second-order valence-corrected chi connectivity index (χ2v) is 4.99. The van der Waals surface area contributed by atoms with Crippen LogP contribution in [0, 0.1) is 0 Å². The molecule has 0 saturated carbocycles. The average Bonchev–Trinajstić information content (AvgIpc) is 2.41. The second kappa shape index (κ2) is 6.36. The molecule has 0 aromatic carbocycles. The summed E-state index contributed by atoms with van der Waals surface area (Å²) in [5.74, 6) is 0. The van der Waals surface area contributed by atoms with Gasteiger partial charge in [-0.2, -0.15) is 0 Å². The van der Waals surface area contributed by atoms with E-state index in [4.69, 9.17) is 9.47 Å². The fourth-order valence-corrected chi connectivity index (χ4v) is 2.56. The van der Waals surface area contributed by atoms with Gasteiger partial charge in [0.25, 0.3) is 0 Å². The summed E-state index contributed by atoms with van der Waals surface area (Å²) >= 11 is 0. The van der Waals surface area contributed by atoms with Crippen LogP contribution in [0.15, 0.2) is 0 Å². The maximum absolute atomic E-state index is 11.5. The first-order valence-corrected chi connectivity index (χ1v) is 6.58. The fourth-order valence-electron chi connectivity index (χ4n) is 2.56. The van der Waals surface area contributed by atoms with E-state index in [1.54, 1.807) is 4.90 Å². The topological polar surface area (TPSA) is 54.0 Å². The normalized spacial score (nSPS) is 30.2. The summed E-state index contributed by atoms with van der Waals surface area (Å²) in [6.07, 6.45) is -0.225. The highest BCUT2D eigenvalue weighted by Crippen LogP contribution is 2.09. The minimum Gasteiger partial charge on any atom is -0.453 e. The Balaban J connectivity index is 1.83. The Hall–Kier alpha value is -0.850. The van der Waals surface area contributed by atoms with Crippen LogP contribution in [0.3, 0.4) is 0 Å². The number of carbonyl (C=O) groups excluding carboxylic acids is 1. The predicted molar refractivity (Wildman–Crippen MR) is 67.6 cm³/mol. The lowest BCUT2D eigenvalue weighted by molar-refractivity contribution is -0.00770. The number of nitrogens with zero attached hydrogens (tertiary/aromatic N) is 2. The minimum atomic E-state index is -0.225. The largest absolute Gasteiger partial charge is 0.453 e. The van der Waals surface area contributed by atoms with Gasteiger partial charge in [0, 0.05) is 44.8 Å². The number of piperazine rings is 1. The molecular formula is C12H23N3O3. The third-order valence-electron chi connectivity index (χ3n) is 3.65.